The molecular weight excluding hydrogens is 274 g/mol. The Kier molecular flexibility index (Phi) is 2.99. The molecule has 0 saturated heterocycles. The monoisotopic (exact) mass is 287 g/mol. The summed E-state index contributed by atoms with van der Waals surface area (Å²) >= 11 is 5.94. The van der Waals surface area contributed by atoms with Crippen LogP contribution in [0, 0.1) is 0 Å². The number of benzene rings is 1. The van der Waals surface area contributed by atoms with Crippen molar-refractivity contribution in [3.05, 3.63) is 41.7 Å². The molecule has 0 amide bonds. The normalized spacial score (nSPS) is 10.9. The van der Waals surface area contributed by atoms with E-state index >= 15 is 0 Å². The number of rotatable bonds is 2. The maximum Gasteiger partial charge on any atom is 0.129 e. The van der Waals surface area contributed by atoms with Gasteiger partial charge in [-0.3, -0.25) is 9.36 Å². The summed E-state index contributed by atoms with van der Waals surface area (Å²) in [6, 6.07) is 7.57. The lowest BCUT2D eigenvalue weighted by molar-refractivity contribution is 0.767. The molecule has 5 nitrogen and oxygen atoms in total. The summed E-state index contributed by atoms with van der Waals surface area (Å²) in [4.78, 5) is 0. The highest BCUT2D eigenvalue weighted by Gasteiger charge is 2.18. The van der Waals surface area contributed by atoms with E-state index in [0.717, 1.165) is 22.4 Å². The van der Waals surface area contributed by atoms with Crippen LogP contribution in [0.25, 0.3) is 22.4 Å². The summed E-state index contributed by atoms with van der Waals surface area (Å²) < 4.78 is 3.41. The zero-order valence-corrected chi connectivity index (χ0v) is 12.0. The number of hydrogen-bond acceptors (Lipinski definition) is 3. The Balaban J connectivity index is 2.21. The van der Waals surface area contributed by atoms with Gasteiger partial charge in [-0.15, -0.1) is 0 Å². The van der Waals surface area contributed by atoms with Crippen LogP contribution in [-0.4, -0.2) is 19.6 Å². The molecule has 20 heavy (non-hydrogen) atoms. The van der Waals surface area contributed by atoms with Crippen molar-refractivity contribution >= 4 is 17.4 Å². The predicted molar refractivity (Wildman–Crippen MR) is 80.3 cm³/mol. The highest BCUT2D eigenvalue weighted by atomic mass is 35.5. The lowest BCUT2D eigenvalue weighted by Crippen LogP contribution is -1.97. The van der Waals surface area contributed by atoms with Crippen LogP contribution in [0.3, 0.4) is 0 Å². The van der Waals surface area contributed by atoms with Crippen LogP contribution in [-0.2, 0) is 14.1 Å². The average Bonchev–Trinajstić information content (AvgIpc) is 2.97. The van der Waals surface area contributed by atoms with Gasteiger partial charge in [0, 0.05) is 30.9 Å². The summed E-state index contributed by atoms with van der Waals surface area (Å²) in [7, 11) is 3.70. The number of nitrogen functional groups attached to an aromatic ring is 1. The van der Waals surface area contributed by atoms with Crippen molar-refractivity contribution in [3.63, 3.8) is 0 Å². The fraction of sp³-hybridized carbons (Fsp3) is 0.143. The molecule has 0 aliphatic rings. The zero-order chi connectivity index (χ0) is 14.3. The first kappa shape index (κ1) is 12.7. The van der Waals surface area contributed by atoms with E-state index in [9.17, 15) is 0 Å². The first-order valence-electron chi connectivity index (χ1n) is 6.13. The van der Waals surface area contributed by atoms with E-state index in [4.69, 9.17) is 17.3 Å². The van der Waals surface area contributed by atoms with Gasteiger partial charge in [-0.05, 0) is 17.7 Å². The van der Waals surface area contributed by atoms with E-state index in [1.54, 1.807) is 15.6 Å². The molecule has 2 N–H and O–H groups in total. The molecule has 0 bridgehead atoms. The molecule has 0 fully saturated rings. The maximum atomic E-state index is 6.16. The van der Waals surface area contributed by atoms with Crippen LogP contribution in [0.1, 0.15) is 0 Å². The topological polar surface area (TPSA) is 61.7 Å². The largest absolute Gasteiger partial charge is 0.383 e. The summed E-state index contributed by atoms with van der Waals surface area (Å²) in [5.41, 5.74) is 9.80. The molecule has 0 atom stereocenters. The SMILES string of the molecule is Cn1cc(-c2nn(C)c(N)c2-c2ccc(Cl)cc2)cn1. The fourth-order valence-electron chi connectivity index (χ4n) is 2.18. The van der Waals surface area contributed by atoms with Gasteiger partial charge in [-0.25, -0.2) is 0 Å². The Morgan fingerprint density at radius 2 is 1.80 bits per heavy atom. The van der Waals surface area contributed by atoms with Crippen LogP contribution in [0.4, 0.5) is 5.82 Å². The van der Waals surface area contributed by atoms with Crippen molar-refractivity contribution < 1.29 is 0 Å². The fourth-order valence-corrected chi connectivity index (χ4v) is 2.31. The minimum absolute atomic E-state index is 0.617. The number of hydrogen-bond donors (Lipinski definition) is 1. The van der Waals surface area contributed by atoms with Crippen molar-refractivity contribution in [1.82, 2.24) is 19.6 Å². The molecule has 0 aliphatic heterocycles. The molecule has 0 radical (unpaired) electrons. The standard InChI is InChI=1S/C14H14ClN5/c1-19-8-10(7-17-19)13-12(14(16)20(2)18-13)9-3-5-11(15)6-4-9/h3-8H,16H2,1-2H3. The smallest absolute Gasteiger partial charge is 0.129 e. The van der Waals surface area contributed by atoms with Gasteiger partial charge < -0.3 is 5.73 Å². The third-order valence-corrected chi connectivity index (χ3v) is 3.45. The molecule has 0 saturated carbocycles. The van der Waals surface area contributed by atoms with Crippen LogP contribution in [0.5, 0.6) is 0 Å². The Hall–Kier alpha value is -2.27. The van der Waals surface area contributed by atoms with Crippen molar-refractivity contribution in [2.45, 2.75) is 0 Å². The summed E-state index contributed by atoms with van der Waals surface area (Å²) in [6.45, 7) is 0. The number of aryl methyl sites for hydroxylation is 2. The molecule has 3 aromatic rings. The second-order valence-corrected chi connectivity index (χ2v) is 5.08. The molecule has 3 rings (SSSR count). The first-order valence-corrected chi connectivity index (χ1v) is 6.51. The zero-order valence-electron chi connectivity index (χ0n) is 11.2. The van der Waals surface area contributed by atoms with E-state index in [2.05, 4.69) is 10.2 Å². The van der Waals surface area contributed by atoms with Crippen LogP contribution in [0.2, 0.25) is 5.02 Å². The summed E-state index contributed by atoms with van der Waals surface area (Å²) in [5.74, 6) is 0.617. The number of halogens is 1. The van der Waals surface area contributed by atoms with Crippen LogP contribution >= 0.6 is 11.6 Å². The Morgan fingerprint density at radius 1 is 1.10 bits per heavy atom. The number of nitrogens with zero attached hydrogens (tertiary/aromatic N) is 4. The van der Waals surface area contributed by atoms with E-state index in [0.29, 0.717) is 10.8 Å². The average molecular weight is 288 g/mol. The van der Waals surface area contributed by atoms with Gasteiger partial charge in [0.25, 0.3) is 0 Å². The molecule has 0 unspecified atom stereocenters. The van der Waals surface area contributed by atoms with Gasteiger partial charge in [0.05, 0.1) is 11.8 Å². The number of anilines is 1. The molecular formula is C14H14ClN5. The van der Waals surface area contributed by atoms with Gasteiger partial charge in [-0.2, -0.15) is 10.2 Å². The molecule has 6 heteroatoms. The first-order chi connectivity index (χ1) is 9.56. The number of aromatic nitrogens is 4. The summed E-state index contributed by atoms with van der Waals surface area (Å²) in [5, 5.41) is 9.38. The third-order valence-electron chi connectivity index (χ3n) is 3.20. The lowest BCUT2D eigenvalue weighted by Gasteiger charge is -2.03. The molecule has 2 aromatic heterocycles. The molecule has 0 spiro atoms. The second kappa shape index (κ2) is 4.68. The molecule has 1 aromatic carbocycles. The summed E-state index contributed by atoms with van der Waals surface area (Å²) in [6.07, 6.45) is 3.70. The van der Waals surface area contributed by atoms with Gasteiger partial charge in [-0.1, -0.05) is 23.7 Å². The molecule has 2 heterocycles. The molecule has 0 aliphatic carbocycles. The van der Waals surface area contributed by atoms with E-state index in [1.165, 1.54) is 0 Å². The number of nitrogens with two attached hydrogens (primary N) is 1. The van der Waals surface area contributed by atoms with E-state index in [-0.39, 0.29) is 0 Å². The third kappa shape index (κ3) is 2.06. The minimum atomic E-state index is 0.617. The van der Waals surface area contributed by atoms with E-state index < -0.39 is 0 Å². The van der Waals surface area contributed by atoms with Crippen LogP contribution < -0.4 is 5.73 Å². The van der Waals surface area contributed by atoms with Gasteiger partial charge >= 0.3 is 0 Å². The minimum Gasteiger partial charge on any atom is -0.383 e. The van der Waals surface area contributed by atoms with Crippen molar-refractivity contribution in [2.75, 3.05) is 5.73 Å². The van der Waals surface area contributed by atoms with Gasteiger partial charge in [0.2, 0.25) is 0 Å². The Bertz CT molecular complexity index is 754. The molecule has 102 valence electrons. The predicted octanol–water partition coefficient (Wildman–Crippen LogP) is 2.72. The lowest BCUT2D eigenvalue weighted by atomic mass is 10.0. The van der Waals surface area contributed by atoms with Gasteiger partial charge in [0.1, 0.15) is 11.5 Å². The highest BCUT2D eigenvalue weighted by Crippen LogP contribution is 2.35. The highest BCUT2D eigenvalue weighted by molar-refractivity contribution is 6.30. The van der Waals surface area contributed by atoms with Crippen LogP contribution in [0.15, 0.2) is 36.7 Å². The second-order valence-electron chi connectivity index (χ2n) is 4.64. The quantitative estimate of drug-likeness (QED) is 0.788. The van der Waals surface area contributed by atoms with Crippen molar-refractivity contribution in [1.29, 1.82) is 0 Å². The van der Waals surface area contributed by atoms with E-state index in [1.807, 2.05) is 44.6 Å². The maximum absolute atomic E-state index is 6.16. The Morgan fingerprint density at radius 3 is 2.40 bits per heavy atom. The van der Waals surface area contributed by atoms with Gasteiger partial charge in [0.15, 0.2) is 0 Å². The Labute approximate surface area is 121 Å². The van der Waals surface area contributed by atoms with Crippen molar-refractivity contribution in [3.8, 4) is 22.4 Å². The van der Waals surface area contributed by atoms with Crippen molar-refractivity contribution in [2.24, 2.45) is 14.1 Å².